The van der Waals surface area contributed by atoms with E-state index in [4.69, 9.17) is 29.9 Å². The molecule has 5 heterocycles. The van der Waals surface area contributed by atoms with Crippen LogP contribution < -0.4 is 0 Å². The Bertz CT molecular complexity index is 2040. The third-order valence-electron chi connectivity index (χ3n) is 7.46. The third-order valence-corrected chi connectivity index (χ3v) is 7.46. The van der Waals surface area contributed by atoms with Crippen molar-refractivity contribution in [3.63, 3.8) is 0 Å². The van der Waals surface area contributed by atoms with Crippen LogP contribution in [0.4, 0.5) is 0 Å². The molecule has 2 aliphatic heterocycles. The molecule has 7 aromatic rings. The van der Waals surface area contributed by atoms with E-state index in [1.54, 1.807) is 0 Å². The fraction of sp³-hybridized carbons (Fsp3) is 0. The van der Waals surface area contributed by atoms with E-state index in [-0.39, 0.29) is 34.1 Å². The van der Waals surface area contributed by atoms with Gasteiger partial charge in [-0.1, -0.05) is 97.1 Å². The fourth-order valence-electron chi connectivity index (χ4n) is 5.59. The monoisotopic (exact) mass is 624 g/mol. The first-order valence-electron chi connectivity index (χ1n) is 13.0. The van der Waals surface area contributed by atoms with Crippen LogP contribution in [0.3, 0.4) is 0 Å². The molecule has 2 aliphatic rings. The van der Waals surface area contributed by atoms with Gasteiger partial charge in [0, 0.05) is 77.9 Å². The van der Waals surface area contributed by atoms with Crippen molar-refractivity contribution < 1.29 is 34.1 Å². The smallest absolute Gasteiger partial charge is 0.164 e. The summed E-state index contributed by atoms with van der Waals surface area (Å²) in [6.07, 6.45) is 0. The Morgan fingerprint density at radius 1 is 0.310 bits per heavy atom. The van der Waals surface area contributed by atoms with E-state index < -0.39 is 0 Å². The molecule has 0 spiro atoms. The van der Waals surface area contributed by atoms with Crippen molar-refractivity contribution in [3.05, 3.63) is 97.1 Å². The molecule has 0 unspecified atom stereocenters. The zero-order valence-electron chi connectivity index (χ0n) is 21.7. The number of aromatic nitrogens is 8. The molecule has 2 radical (unpaired) electrons. The van der Waals surface area contributed by atoms with Crippen molar-refractivity contribution >= 4 is 44.1 Å². The summed E-state index contributed by atoms with van der Waals surface area (Å²) in [4.78, 5) is 36.8. The van der Waals surface area contributed by atoms with Gasteiger partial charge in [0.25, 0.3) is 0 Å². The second-order valence-electron chi connectivity index (χ2n) is 9.79. The summed E-state index contributed by atoms with van der Waals surface area (Å²) >= 11 is 0. The average molecular weight is 624 g/mol. The van der Waals surface area contributed by atoms with Crippen LogP contribution in [0.1, 0.15) is 0 Å². The summed E-state index contributed by atoms with van der Waals surface area (Å²) in [5.74, 6) is 2.39. The van der Waals surface area contributed by atoms with Gasteiger partial charge in [0.1, 0.15) is 22.6 Å². The van der Waals surface area contributed by atoms with Gasteiger partial charge >= 0.3 is 0 Å². The minimum Gasteiger partial charge on any atom is -0.324 e. The van der Waals surface area contributed by atoms with Gasteiger partial charge in [-0.05, 0) is 0 Å². The van der Waals surface area contributed by atoms with Crippen LogP contribution in [0.25, 0.3) is 89.7 Å². The molecule has 10 heteroatoms. The number of nitrogens with one attached hydrogen (secondary N) is 2. The summed E-state index contributed by atoms with van der Waals surface area (Å²) in [6, 6.07) is 32.2. The Morgan fingerprint density at radius 2 is 0.548 bits per heavy atom. The molecule has 2 N–H and O–H groups in total. The molecule has 9 rings (SSSR count). The Balaban J connectivity index is 0.00000144. The van der Waals surface area contributed by atoms with Crippen LogP contribution in [-0.2, 0) is 34.1 Å². The van der Waals surface area contributed by atoms with Crippen molar-refractivity contribution in [1.82, 2.24) is 39.9 Å². The number of hydrogen-bond acceptors (Lipinski definition) is 6. The van der Waals surface area contributed by atoms with Crippen LogP contribution in [0.2, 0.25) is 0 Å². The van der Waals surface area contributed by atoms with Crippen molar-refractivity contribution in [2.75, 3.05) is 0 Å². The first-order chi connectivity index (χ1) is 19.8. The first kappa shape index (κ1) is 26.2. The van der Waals surface area contributed by atoms with Crippen molar-refractivity contribution in [3.8, 4) is 45.6 Å². The Labute approximate surface area is 259 Å². The molecular weight excluding hydrogens is 606 g/mol. The van der Waals surface area contributed by atoms with Crippen LogP contribution in [0, 0.1) is 0 Å². The van der Waals surface area contributed by atoms with Gasteiger partial charge in [0.05, 0.1) is 0 Å². The summed E-state index contributed by atoms with van der Waals surface area (Å²) in [6.45, 7) is 0. The maximum Gasteiger partial charge on any atom is 0.164 e. The minimum absolute atomic E-state index is 0. The number of aromatic amines is 2. The average Bonchev–Trinajstić information content (AvgIpc) is 3.73. The molecule has 0 saturated carbocycles. The summed E-state index contributed by atoms with van der Waals surface area (Å²) in [5.41, 5.74) is 6.45. The Morgan fingerprint density at radius 3 is 0.810 bits per heavy atom. The molecule has 8 bridgehead atoms. The van der Waals surface area contributed by atoms with Gasteiger partial charge in [-0.25, -0.2) is 29.9 Å². The minimum atomic E-state index is 0. The molecule has 200 valence electrons. The second-order valence-corrected chi connectivity index (χ2v) is 9.79. The zero-order chi connectivity index (χ0) is 26.2. The van der Waals surface area contributed by atoms with Crippen molar-refractivity contribution in [2.24, 2.45) is 0 Å². The molecule has 3 aromatic heterocycles. The van der Waals surface area contributed by atoms with E-state index in [0.29, 0.717) is 45.9 Å². The van der Waals surface area contributed by atoms with E-state index >= 15 is 0 Å². The first-order valence-corrected chi connectivity index (χ1v) is 13.0. The predicted molar refractivity (Wildman–Crippen MR) is 156 cm³/mol. The van der Waals surface area contributed by atoms with Crippen LogP contribution in [-0.4, -0.2) is 39.9 Å². The van der Waals surface area contributed by atoms with E-state index in [1.807, 2.05) is 97.1 Å². The molecule has 8 nitrogen and oxygen atoms in total. The molecule has 4 aromatic carbocycles. The van der Waals surface area contributed by atoms with Gasteiger partial charge in [-0.3, -0.25) is 0 Å². The summed E-state index contributed by atoms with van der Waals surface area (Å²) < 4.78 is 0. The van der Waals surface area contributed by atoms with Gasteiger partial charge in [-0.15, -0.1) is 0 Å². The molecule has 0 saturated heterocycles. The molecule has 0 amide bonds. The maximum atomic E-state index is 5.02. The largest absolute Gasteiger partial charge is 0.324 e. The quantitative estimate of drug-likeness (QED) is 0.179. The predicted octanol–water partition coefficient (Wildman–Crippen LogP) is 6.86. The Kier molecular flexibility index (Phi) is 6.22. The van der Waals surface area contributed by atoms with Crippen LogP contribution in [0.5, 0.6) is 0 Å². The molecule has 0 aliphatic carbocycles. The number of hydrogen-bond donors (Lipinski definition) is 2. The van der Waals surface area contributed by atoms with Gasteiger partial charge < -0.3 is 9.97 Å². The van der Waals surface area contributed by atoms with Gasteiger partial charge in [0.15, 0.2) is 23.3 Å². The standard InChI is InChI=1S/C32H18N8.2Mn/c1-2-10-18-17(9-1)25-33-26(18)38-28-21-13-5-6-14-22(21)30(35-28)40-32-24-16-8-7-15-23(24)31(36-32)39-29-20-12-4-3-11-19(20)27(34-29)37-25;;/h1-16H,(H2,33,34,35,36,37,38,39,40);;. The third kappa shape index (κ3) is 3.89. The van der Waals surface area contributed by atoms with Gasteiger partial charge in [0.2, 0.25) is 0 Å². The van der Waals surface area contributed by atoms with Gasteiger partial charge in [-0.2, -0.15) is 0 Å². The Hall–Kier alpha value is -4.72. The fourth-order valence-corrected chi connectivity index (χ4v) is 5.59. The van der Waals surface area contributed by atoms with E-state index in [0.717, 1.165) is 43.8 Å². The van der Waals surface area contributed by atoms with Crippen molar-refractivity contribution in [1.29, 1.82) is 0 Å². The number of fused-ring (bicyclic) bond motifs is 20. The summed E-state index contributed by atoms with van der Waals surface area (Å²) in [5, 5.41) is 3.82. The van der Waals surface area contributed by atoms with E-state index in [9.17, 15) is 0 Å². The van der Waals surface area contributed by atoms with E-state index in [2.05, 4.69) is 9.97 Å². The molecule has 0 fully saturated rings. The normalized spacial score (nSPS) is 11.4. The zero-order valence-corrected chi connectivity index (χ0v) is 24.0. The van der Waals surface area contributed by atoms with Crippen molar-refractivity contribution in [2.45, 2.75) is 0 Å². The number of benzene rings is 4. The molecule has 0 atom stereocenters. The van der Waals surface area contributed by atoms with Crippen LogP contribution >= 0.6 is 0 Å². The number of H-pyrrole nitrogens is 2. The topological polar surface area (TPSA) is 109 Å². The molecular formula is C32H18Mn2N8. The summed E-state index contributed by atoms with van der Waals surface area (Å²) in [7, 11) is 0. The molecule has 42 heavy (non-hydrogen) atoms. The van der Waals surface area contributed by atoms with E-state index in [1.165, 1.54) is 0 Å². The SMILES string of the molecule is [Mn].[Mn].c1ccc2c(c1)-c1nc-2nc2[nH]c(nc3nc(nc4[nH]c(n1)c1ccccc41)-c1ccccc1-3)c1ccccc21. The second kappa shape index (κ2) is 9.98. The maximum absolute atomic E-state index is 5.02. The number of rotatable bonds is 0. The number of nitrogens with zero attached hydrogens (tertiary/aromatic N) is 6. The van der Waals surface area contributed by atoms with Crippen LogP contribution in [0.15, 0.2) is 97.1 Å².